The Morgan fingerprint density at radius 1 is 1.43 bits per heavy atom. The lowest BCUT2D eigenvalue weighted by atomic mass is 10.6. The van der Waals surface area contributed by atoms with Gasteiger partial charge in [-0.3, -0.25) is 0 Å². The van der Waals surface area contributed by atoms with Crippen LogP contribution >= 0.6 is 0 Å². The van der Waals surface area contributed by atoms with Crippen LogP contribution in [0.4, 0.5) is 5.82 Å². The summed E-state index contributed by atoms with van der Waals surface area (Å²) in [7, 11) is 0. The fraction of sp³-hybridized carbons (Fsp3) is 0.429. The van der Waals surface area contributed by atoms with Crippen molar-refractivity contribution in [1.82, 2.24) is 29.8 Å². The summed E-state index contributed by atoms with van der Waals surface area (Å²) < 4.78 is 1.79. The Morgan fingerprint density at radius 2 is 2.29 bits per heavy atom. The second kappa shape index (κ2) is 3.44. The topological polar surface area (TPSA) is 87.4 Å². The van der Waals surface area contributed by atoms with E-state index >= 15 is 0 Å². The Bertz CT molecular complexity index is 415. The third-order valence-corrected chi connectivity index (χ3v) is 1.83. The van der Waals surface area contributed by atoms with Crippen molar-refractivity contribution in [2.24, 2.45) is 0 Å². The summed E-state index contributed by atoms with van der Waals surface area (Å²) in [6.45, 7) is 3.28. The first-order chi connectivity index (χ1) is 6.79. The van der Waals surface area contributed by atoms with Gasteiger partial charge in [0, 0.05) is 6.54 Å². The molecule has 0 aromatic carbocycles. The van der Waals surface area contributed by atoms with Crippen molar-refractivity contribution in [3.63, 3.8) is 0 Å². The number of aryl methyl sites for hydroxylation is 1. The van der Waals surface area contributed by atoms with Crippen molar-refractivity contribution in [1.29, 1.82) is 0 Å². The van der Waals surface area contributed by atoms with Crippen molar-refractivity contribution in [2.45, 2.75) is 20.0 Å². The van der Waals surface area contributed by atoms with Crippen LogP contribution in [-0.2, 0) is 13.1 Å². The monoisotopic (exact) mass is 193 g/mol. The van der Waals surface area contributed by atoms with E-state index in [-0.39, 0.29) is 0 Å². The number of nitrogens with zero attached hydrogens (tertiary/aromatic N) is 6. The third kappa shape index (κ3) is 1.56. The predicted octanol–water partition coefficient (Wildman–Crippen LogP) is -0.480. The molecular formula is C7H11N7. The van der Waals surface area contributed by atoms with Crippen LogP contribution in [0.15, 0.2) is 12.5 Å². The molecule has 0 amide bonds. The molecule has 0 saturated carbocycles. The van der Waals surface area contributed by atoms with E-state index in [1.807, 2.05) is 6.92 Å². The van der Waals surface area contributed by atoms with Gasteiger partial charge in [0.15, 0.2) is 5.82 Å². The molecule has 0 fully saturated rings. The minimum absolute atomic E-state index is 0.410. The maximum Gasteiger partial charge on any atom is 0.165 e. The van der Waals surface area contributed by atoms with Gasteiger partial charge in [0.1, 0.15) is 18.7 Å². The molecule has 0 spiro atoms. The number of anilines is 1. The van der Waals surface area contributed by atoms with E-state index in [2.05, 4.69) is 20.3 Å². The van der Waals surface area contributed by atoms with Gasteiger partial charge in [-0.15, -0.1) is 5.10 Å². The Labute approximate surface area is 80.5 Å². The number of nitrogens with two attached hydrogens (primary N) is 1. The Hall–Kier alpha value is -1.92. The molecule has 0 aliphatic carbocycles. The molecule has 0 bridgehead atoms. The van der Waals surface area contributed by atoms with Gasteiger partial charge in [-0.05, 0) is 6.92 Å². The Kier molecular flexibility index (Phi) is 2.13. The summed E-state index contributed by atoms with van der Waals surface area (Å²) in [6.07, 6.45) is 3.03. The predicted molar refractivity (Wildman–Crippen MR) is 49.2 cm³/mol. The van der Waals surface area contributed by atoms with Crippen LogP contribution in [0.1, 0.15) is 12.7 Å². The molecular weight excluding hydrogens is 182 g/mol. The minimum atomic E-state index is 0.410. The highest BCUT2D eigenvalue weighted by Gasteiger charge is 2.04. The summed E-state index contributed by atoms with van der Waals surface area (Å²) in [6, 6.07) is 0. The van der Waals surface area contributed by atoms with E-state index in [1.54, 1.807) is 4.68 Å². The number of rotatable bonds is 3. The summed E-state index contributed by atoms with van der Waals surface area (Å²) in [4.78, 5) is 5.59. The van der Waals surface area contributed by atoms with Gasteiger partial charge in [-0.1, -0.05) is 0 Å². The van der Waals surface area contributed by atoms with Crippen molar-refractivity contribution in [3.05, 3.63) is 18.3 Å². The average Bonchev–Trinajstić information content (AvgIpc) is 2.76. The van der Waals surface area contributed by atoms with Crippen LogP contribution in [-0.4, -0.2) is 29.8 Å². The highest BCUT2D eigenvalue weighted by Crippen LogP contribution is 1.98. The SMILES string of the molecule is CCn1ncnc1Cn1ncc(N)n1. The number of nitrogen functional groups attached to an aromatic ring is 1. The van der Waals surface area contributed by atoms with Gasteiger partial charge in [0.2, 0.25) is 0 Å². The molecule has 0 aliphatic rings. The van der Waals surface area contributed by atoms with Gasteiger partial charge in [0.05, 0.1) is 6.20 Å². The van der Waals surface area contributed by atoms with Gasteiger partial charge < -0.3 is 5.73 Å². The first-order valence-electron chi connectivity index (χ1n) is 4.32. The largest absolute Gasteiger partial charge is 0.381 e. The van der Waals surface area contributed by atoms with E-state index < -0.39 is 0 Å². The molecule has 0 unspecified atom stereocenters. The second-order valence-electron chi connectivity index (χ2n) is 2.79. The quantitative estimate of drug-likeness (QED) is 0.711. The minimum Gasteiger partial charge on any atom is -0.381 e. The summed E-state index contributed by atoms with van der Waals surface area (Å²) in [5.74, 6) is 1.23. The molecule has 2 rings (SSSR count). The molecule has 7 heteroatoms. The summed E-state index contributed by atoms with van der Waals surface area (Å²) >= 11 is 0. The average molecular weight is 193 g/mol. The van der Waals surface area contributed by atoms with Crippen molar-refractivity contribution in [3.8, 4) is 0 Å². The number of aromatic nitrogens is 6. The van der Waals surface area contributed by atoms with Crippen molar-refractivity contribution in [2.75, 3.05) is 5.73 Å². The lowest BCUT2D eigenvalue weighted by Crippen LogP contribution is -2.11. The fourth-order valence-electron chi connectivity index (χ4n) is 1.19. The normalized spacial score (nSPS) is 10.6. The maximum absolute atomic E-state index is 5.44. The zero-order valence-electron chi connectivity index (χ0n) is 7.83. The maximum atomic E-state index is 5.44. The van der Waals surface area contributed by atoms with E-state index in [9.17, 15) is 0 Å². The van der Waals surface area contributed by atoms with Crippen molar-refractivity contribution >= 4 is 5.82 Å². The van der Waals surface area contributed by atoms with E-state index in [1.165, 1.54) is 17.3 Å². The van der Waals surface area contributed by atoms with Crippen LogP contribution in [0.5, 0.6) is 0 Å². The highest BCUT2D eigenvalue weighted by atomic mass is 15.5. The zero-order chi connectivity index (χ0) is 9.97. The van der Waals surface area contributed by atoms with Crippen LogP contribution < -0.4 is 5.73 Å². The van der Waals surface area contributed by atoms with Gasteiger partial charge >= 0.3 is 0 Å². The van der Waals surface area contributed by atoms with Crippen LogP contribution in [0.25, 0.3) is 0 Å². The van der Waals surface area contributed by atoms with Gasteiger partial charge in [0.25, 0.3) is 0 Å². The van der Waals surface area contributed by atoms with Crippen molar-refractivity contribution < 1.29 is 0 Å². The highest BCUT2D eigenvalue weighted by molar-refractivity contribution is 5.19. The Morgan fingerprint density at radius 3 is 2.93 bits per heavy atom. The van der Waals surface area contributed by atoms with Gasteiger partial charge in [-0.2, -0.15) is 15.0 Å². The molecule has 74 valence electrons. The molecule has 0 radical (unpaired) electrons. The molecule has 2 heterocycles. The van der Waals surface area contributed by atoms with Crippen LogP contribution in [0, 0.1) is 0 Å². The Balaban J connectivity index is 2.18. The molecule has 0 saturated heterocycles. The first-order valence-corrected chi connectivity index (χ1v) is 4.32. The fourth-order valence-corrected chi connectivity index (χ4v) is 1.19. The summed E-state index contributed by atoms with van der Waals surface area (Å²) in [5.41, 5.74) is 5.44. The smallest absolute Gasteiger partial charge is 0.165 e. The van der Waals surface area contributed by atoms with Gasteiger partial charge in [-0.25, -0.2) is 9.67 Å². The molecule has 0 atom stereocenters. The van der Waals surface area contributed by atoms with E-state index in [4.69, 9.17) is 5.73 Å². The molecule has 2 N–H and O–H groups in total. The lowest BCUT2D eigenvalue weighted by Gasteiger charge is -2.01. The number of hydrogen-bond acceptors (Lipinski definition) is 5. The molecule has 7 nitrogen and oxygen atoms in total. The van der Waals surface area contributed by atoms with Crippen LogP contribution in [0.2, 0.25) is 0 Å². The molecule has 0 aliphatic heterocycles. The molecule has 2 aromatic rings. The first kappa shape index (κ1) is 8.67. The van der Waals surface area contributed by atoms with E-state index in [0.717, 1.165) is 12.4 Å². The molecule has 2 aromatic heterocycles. The standard InChI is InChI=1S/C7H11N7/c1-2-13-7(9-5-11-13)4-14-10-3-6(8)12-14/h3,5H,2,4H2,1H3,(H2,8,12). The second-order valence-corrected chi connectivity index (χ2v) is 2.79. The summed E-state index contributed by atoms with van der Waals surface area (Å²) in [5, 5.41) is 12.0. The van der Waals surface area contributed by atoms with Crippen LogP contribution in [0.3, 0.4) is 0 Å². The number of hydrogen-bond donors (Lipinski definition) is 1. The lowest BCUT2D eigenvalue weighted by molar-refractivity contribution is 0.527. The zero-order valence-corrected chi connectivity index (χ0v) is 7.83. The third-order valence-electron chi connectivity index (χ3n) is 1.83. The molecule has 14 heavy (non-hydrogen) atoms. The van der Waals surface area contributed by atoms with E-state index in [0.29, 0.717) is 12.4 Å².